The molecular weight excluding hydrogens is 807 g/mol. The van der Waals surface area contributed by atoms with E-state index in [2.05, 4.69) is 31.9 Å². The molecule has 0 saturated heterocycles. The quantitative estimate of drug-likeness (QED) is 0.0415. The Labute approximate surface area is 352 Å². The number of aliphatic carboxylic acids is 2. The van der Waals surface area contributed by atoms with Gasteiger partial charge in [0.05, 0.1) is 25.4 Å². The van der Waals surface area contributed by atoms with Crippen molar-refractivity contribution in [3.05, 3.63) is 35.9 Å². The average Bonchev–Trinajstić information content (AvgIpc) is 3.19. The fraction of sp³-hybridized carbons (Fsp3) is 0.579. The fourth-order valence-corrected chi connectivity index (χ4v) is 5.99. The van der Waals surface area contributed by atoms with Gasteiger partial charge in [0.2, 0.25) is 47.3 Å². The van der Waals surface area contributed by atoms with E-state index in [0.717, 1.165) is 0 Å². The minimum Gasteiger partial charge on any atom is -0.481 e. The molecule has 8 amide bonds. The van der Waals surface area contributed by atoms with E-state index in [1.807, 2.05) is 5.32 Å². The molecule has 0 heterocycles. The number of primary amides is 1. The molecule has 13 N–H and O–H groups in total. The van der Waals surface area contributed by atoms with Gasteiger partial charge in [0.1, 0.15) is 36.8 Å². The van der Waals surface area contributed by atoms with Crippen molar-refractivity contribution in [2.24, 2.45) is 23.3 Å². The molecule has 0 aliphatic carbocycles. The molecule has 21 nitrogen and oxygen atoms in total. The van der Waals surface area contributed by atoms with E-state index in [-0.39, 0.29) is 12.8 Å². The molecule has 1 rings (SSSR count). The lowest BCUT2D eigenvalue weighted by Crippen LogP contribution is -2.61. The van der Waals surface area contributed by atoms with Crippen molar-refractivity contribution in [2.45, 2.75) is 102 Å². The second-order valence-electron chi connectivity index (χ2n) is 14.2. The topological polar surface area (TPSA) is 347 Å². The van der Waals surface area contributed by atoms with Gasteiger partial charge in [-0.1, -0.05) is 70.9 Å². The van der Waals surface area contributed by atoms with Gasteiger partial charge in [0, 0.05) is 6.42 Å². The third-order valence-corrected chi connectivity index (χ3v) is 10.0. The summed E-state index contributed by atoms with van der Waals surface area (Å²) in [4.78, 5) is 126. The predicted molar refractivity (Wildman–Crippen MR) is 219 cm³/mol. The molecule has 60 heavy (non-hydrogen) atoms. The average molecular weight is 866 g/mol. The monoisotopic (exact) mass is 865 g/mol. The lowest BCUT2D eigenvalue weighted by molar-refractivity contribution is -0.141. The SMILES string of the molecule is CC[C@H](C)[C@H](NC(=O)[C@H](Cc1ccccc1)NC(=O)[C@H](CCSC)NC(=O)[C@@H](NC(=O)[C@@H](N)CC(N)=O)[C@@H](C)CC)C(=O)NCC(=O)N[C@@H](CC(=O)O)C(=O)NCC(=O)O. The van der Waals surface area contributed by atoms with E-state index >= 15 is 0 Å². The number of nitrogens with one attached hydrogen (secondary N) is 7. The highest BCUT2D eigenvalue weighted by Gasteiger charge is 2.35. The van der Waals surface area contributed by atoms with Crippen molar-refractivity contribution in [3.8, 4) is 0 Å². The molecule has 8 atom stereocenters. The molecule has 1 aromatic rings. The Morgan fingerprint density at radius 1 is 0.633 bits per heavy atom. The van der Waals surface area contributed by atoms with Crippen LogP contribution in [0.1, 0.15) is 65.4 Å². The largest absolute Gasteiger partial charge is 0.481 e. The van der Waals surface area contributed by atoms with Gasteiger partial charge in [-0.15, -0.1) is 0 Å². The Bertz CT molecular complexity index is 1670. The summed E-state index contributed by atoms with van der Waals surface area (Å²) >= 11 is 1.39. The number of thioether (sulfide) groups is 1. The number of nitrogens with two attached hydrogens (primary N) is 2. The molecule has 0 aliphatic rings. The highest BCUT2D eigenvalue weighted by atomic mass is 32.2. The van der Waals surface area contributed by atoms with E-state index in [1.54, 1.807) is 64.3 Å². The van der Waals surface area contributed by atoms with Crippen LogP contribution in [-0.2, 0) is 54.4 Å². The van der Waals surface area contributed by atoms with E-state index in [9.17, 15) is 53.1 Å². The number of hydrogen-bond acceptors (Lipinski definition) is 12. The van der Waals surface area contributed by atoms with Crippen LogP contribution in [0.5, 0.6) is 0 Å². The maximum atomic E-state index is 14.0. The van der Waals surface area contributed by atoms with Gasteiger partial charge in [0.25, 0.3) is 0 Å². The first-order valence-electron chi connectivity index (χ1n) is 19.3. The van der Waals surface area contributed by atoms with Crippen molar-refractivity contribution < 1.29 is 58.2 Å². The lowest BCUT2D eigenvalue weighted by atomic mass is 9.96. The van der Waals surface area contributed by atoms with Crippen LogP contribution in [0, 0.1) is 11.8 Å². The number of carboxylic acids is 2. The first-order chi connectivity index (χ1) is 28.2. The number of rotatable bonds is 28. The Hall–Kier alpha value is -5.77. The van der Waals surface area contributed by atoms with Crippen molar-refractivity contribution in [1.82, 2.24) is 37.2 Å². The van der Waals surface area contributed by atoms with Crippen LogP contribution in [0.4, 0.5) is 0 Å². The maximum Gasteiger partial charge on any atom is 0.322 e. The third-order valence-electron chi connectivity index (χ3n) is 9.37. The van der Waals surface area contributed by atoms with Crippen LogP contribution in [-0.4, -0.2) is 131 Å². The molecule has 22 heteroatoms. The zero-order valence-electron chi connectivity index (χ0n) is 34.4. The van der Waals surface area contributed by atoms with E-state index in [1.165, 1.54) is 11.8 Å². The molecule has 0 radical (unpaired) electrons. The van der Waals surface area contributed by atoms with Crippen molar-refractivity contribution in [1.29, 1.82) is 0 Å². The summed E-state index contributed by atoms with van der Waals surface area (Å²) in [6.07, 6.45) is 1.35. The number of hydrogen-bond donors (Lipinski definition) is 11. The molecular formula is C38H59N9O12S. The van der Waals surface area contributed by atoms with Gasteiger partial charge in [-0.3, -0.25) is 47.9 Å². The Morgan fingerprint density at radius 3 is 1.70 bits per heavy atom. The molecule has 334 valence electrons. The smallest absolute Gasteiger partial charge is 0.322 e. The summed E-state index contributed by atoms with van der Waals surface area (Å²) < 4.78 is 0. The minimum atomic E-state index is -1.66. The van der Waals surface area contributed by atoms with Crippen molar-refractivity contribution in [3.63, 3.8) is 0 Å². The summed E-state index contributed by atoms with van der Waals surface area (Å²) in [5.74, 6) is -10.1. The van der Waals surface area contributed by atoms with Crippen LogP contribution in [0.25, 0.3) is 0 Å². The molecule has 1 aromatic carbocycles. The van der Waals surface area contributed by atoms with E-state index < -0.39 is 133 Å². The number of carbonyl (C=O) groups is 10. The van der Waals surface area contributed by atoms with Gasteiger partial charge >= 0.3 is 11.9 Å². The van der Waals surface area contributed by atoms with Crippen LogP contribution in [0.15, 0.2) is 30.3 Å². The molecule has 0 aromatic heterocycles. The van der Waals surface area contributed by atoms with Gasteiger partial charge in [0.15, 0.2) is 0 Å². The summed E-state index contributed by atoms with van der Waals surface area (Å²) in [5.41, 5.74) is 11.6. The first kappa shape index (κ1) is 52.2. The molecule has 0 fully saturated rings. The fourth-order valence-electron chi connectivity index (χ4n) is 5.52. The Balaban J connectivity index is 3.32. The Morgan fingerprint density at radius 2 is 1.17 bits per heavy atom. The maximum absolute atomic E-state index is 14.0. The van der Waals surface area contributed by atoms with Crippen molar-refractivity contribution >= 4 is 71.0 Å². The number of carboxylic acid groups (broad SMARTS) is 2. The van der Waals surface area contributed by atoms with Gasteiger partial charge < -0.3 is 58.9 Å². The summed E-state index contributed by atoms with van der Waals surface area (Å²) in [6, 6.07) is 0.783. The summed E-state index contributed by atoms with van der Waals surface area (Å²) in [7, 11) is 0. The molecule has 0 aliphatic heterocycles. The zero-order chi connectivity index (χ0) is 45.5. The van der Waals surface area contributed by atoms with Crippen LogP contribution in [0.2, 0.25) is 0 Å². The highest BCUT2D eigenvalue weighted by Crippen LogP contribution is 2.13. The standard InChI is InChI=1S/C38H59N9O12S/c1-6-20(3)31(37(58)41-18-28(49)43-26(17-29(50)51)34(55)42-19-30(52)53)47-36(57)25(15-22-11-9-8-10-12-22)45-35(56)24(13-14-60-5)44-38(59)32(21(4)7-2)46-33(54)23(39)16-27(40)48/h8-12,20-21,23-26,31-32H,6-7,13-19,39H2,1-5H3,(H2,40,48)(H,41,58)(H,42,55)(H,43,49)(H,44,59)(H,45,56)(H,46,54)(H,47,57)(H,50,51)(H,52,53)/t20-,21-,23-,24-,25-,26-,31-,32-/m0/s1. The van der Waals surface area contributed by atoms with Crippen LogP contribution >= 0.6 is 11.8 Å². The molecule has 0 bridgehead atoms. The second-order valence-corrected chi connectivity index (χ2v) is 15.1. The van der Waals surface area contributed by atoms with Gasteiger partial charge in [-0.25, -0.2) is 0 Å². The van der Waals surface area contributed by atoms with Crippen molar-refractivity contribution in [2.75, 3.05) is 25.1 Å². The molecule has 0 saturated carbocycles. The van der Waals surface area contributed by atoms with E-state index in [0.29, 0.717) is 24.2 Å². The second kappa shape index (κ2) is 27.1. The molecule has 0 unspecified atom stereocenters. The zero-order valence-corrected chi connectivity index (χ0v) is 35.2. The summed E-state index contributed by atoms with van der Waals surface area (Å²) in [5, 5.41) is 35.1. The number of benzene rings is 1. The van der Waals surface area contributed by atoms with Gasteiger partial charge in [-0.05, 0) is 35.8 Å². The lowest BCUT2D eigenvalue weighted by Gasteiger charge is -2.29. The van der Waals surface area contributed by atoms with Crippen LogP contribution < -0.4 is 48.7 Å². The predicted octanol–water partition coefficient (Wildman–Crippen LogP) is -2.51. The van der Waals surface area contributed by atoms with Crippen LogP contribution in [0.3, 0.4) is 0 Å². The Kier molecular flexibility index (Phi) is 23.6. The normalized spacial score (nSPS) is 14.8. The number of carbonyl (C=O) groups excluding carboxylic acids is 8. The molecule has 0 spiro atoms. The first-order valence-corrected chi connectivity index (χ1v) is 20.7. The minimum absolute atomic E-state index is 0.0446. The third kappa shape index (κ3) is 19.3. The van der Waals surface area contributed by atoms with Gasteiger partial charge in [-0.2, -0.15) is 11.8 Å². The van der Waals surface area contributed by atoms with E-state index in [4.69, 9.17) is 16.6 Å². The summed E-state index contributed by atoms with van der Waals surface area (Å²) in [6.45, 7) is 5.33. The number of amides is 8. The highest BCUT2D eigenvalue weighted by molar-refractivity contribution is 7.98.